The van der Waals surface area contributed by atoms with Gasteiger partial charge in [-0.1, -0.05) is 36.4 Å². The molecule has 0 unspecified atom stereocenters. The van der Waals surface area contributed by atoms with Crippen molar-refractivity contribution in [3.63, 3.8) is 0 Å². The van der Waals surface area contributed by atoms with Crippen LogP contribution in [0.5, 0.6) is 0 Å². The lowest BCUT2D eigenvalue weighted by molar-refractivity contribution is 1.02. The number of hydrogen-bond donors (Lipinski definition) is 5. The van der Waals surface area contributed by atoms with Gasteiger partial charge in [0, 0.05) is 11.1 Å². The van der Waals surface area contributed by atoms with E-state index >= 15 is 0 Å². The number of nitrogens with one attached hydrogen (secondary N) is 3. The van der Waals surface area contributed by atoms with Gasteiger partial charge in [-0.2, -0.15) is 15.0 Å². The highest BCUT2D eigenvalue weighted by Gasteiger charge is 2.07. The van der Waals surface area contributed by atoms with Crippen LogP contribution in [0.1, 0.15) is 0 Å². The summed E-state index contributed by atoms with van der Waals surface area (Å²) >= 11 is 0. The van der Waals surface area contributed by atoms with E-state index in [1.54, 1.807) is 0 Å². The number of aromatic nitrogens is 3. The third-order valence-electron chi connectivity index (χ3n) is 2.93. The molecule has 8 nitrogen and oxygen atoms in total. The van der Waals surface area contributed by atoms with Crippen LogP contribution < -0.4 is 27.9 Å². The van der Waals surface area contributed by atoms with Gasteiger partial charge < -0.3 is 5.32 Å². The maximum atomic E-state index is 5.33. The lowest BCUT2D eigenvalue weighted by atomic mass is 10.1. The Hall–Kier alpha value is -2.97. The Morgan fingerprint density at radius 3 is 2.05 bits per heavy atom. The Labute approximate surface area is 120 Å². The molecule has 0 spiro atoms. The smallest absolute Gasteiger partial charge is 0.243 e. The van der Waals surface area contributed by atoms with E-state index in [2.05, 4.69) is 31.1 Å². The number of hydrazine groups is 2. The average molecular weight is 282 g/mol. The first kappa shape index (κ1) is 13.0. The van der Waals surface area contributed by atoms with E-state index in [0.29, 0.717) is 5.95 Å². The highest BCUT2D eigenvalue weighted by Crippen LogP contribution is 2.25. The largest absolute Gasteiger partial charge is 0.323 e. The highest BCUT2D eigenvalue weighted by atomic mass is 15.4. The van der Waals surface area contributed by atoms with Gasteiger partial charge in [-0.3, -0.25) is 10.9 Å². The van der Waals surface area contributed by atoms with Crippen LogP contribution in [0.2, 0.25) is 0 Å². The van der Waals surface area contributed by atoms with Gasteiger partial charge in [0.25, 0.3) is 0 Å². The standard InChI is InChI=1S/C13H14N8/c14-20-12-17-11(18-13(19-12)21-15)16-10-7-3-5-8-4-1-2-6-9(8)10/h1-7H,14-15H2,(H3,16,17,18,19,20,21). The van der Waals surface area contributed by atoms with E-state index in [4.69, 9.17) is 11.7 Å². The SMILES string of the molecule is NNc1nc(NN)nc(Nc2cccc3ccccc23)n1. The van der Waals surface area contributed by atoms with Crippen molar-refractivity contribution in [1.82, 2.24) is 15.0 Å². The molecule has 0 aliphatic carbocycles. The molecule has 1 aromatic heterocycles. The van der Waals surface area contributed by atoms with Gasteiger partial charge in [-0.25, -0.2) is 11.7 Å². The zero-order chi connectivity index (χ0) is 14.7. The fourth-order valence-corrected chi connectivity index (χ4v) is 2.02. The van der Waals surface area contributed by atoms with E-state index in [-0.39, 0.29) is 11.9 Å². The first-order chi connectivity index (χ1) is 10.3. The van der Waals surface area contributed by atoms with Crippen molar-refractivity contribution in [2.75, 3.05) is 16.2 Å². The van der Waals surface area contributed by atoms with E-state index < -0.39 is 0 Å². The maximum absolute atomic E-state index is 5.33. The summed E-state index contributed by atoms with van der Waals surface area (Å²) in [6.07, 6.45) is 0. The predicted octanol–water partition coefficient (Wildman–Crippen LogP) is 1.34. The molecule has 106 valence electrons. The van der Waals surface area contributed by atoms with E-state index in [1.165, 1.54) is 0 Å². The average Bonchev–Trinajstić information content (AvgIpc) is 2.55. The van der Waals surface area contributed by atoms with Crippen LogP contribution in [0.25, 0.3) is 10.8 Å². The number of hydrogen-bond acceptors (Lipinski definition) is 8. The molecule has 2 aromatic carbocycles. The molecular formula is C13H14N8. The lowest BCUT2D eigenvalue weighted by Crippen LogP contribution is -2.17. The van der Waals surface area contributed by atoms with Crippen LogP contribution in [0.4, 0.5) is 23.5 Å². The third kappa shape index (κ3) is 2.66. The Balaban J connectivity index is 2.02. The predicted molar refractivity (Wildman–Crippen MR) is 82.7 cm³/mol. The van der Waals surface area contributed by atoms with Gasteiger partial charge in [0.15, 0.2) is 0 Å². The molecule has 0 saturated heterocycles. The molecule has 21 heavy (non-hydrogen) atoms. The molecule has 8 heteroatoms. The number of benzene rings is 2. The van der Waals surface area contributed by atoms with Crippen molar-refractivity contribution >= 4 is 34.3 Å². The number of nitrogens with zero attached hydrogens (tertiary/aromatic N) is 3. The second-order valence-corrected chi connectivity index (χ2v) is 4.25. The molecule has 0 radical (unpaired) electrons. The topological polar surface area (TPSA) is 127 Å². The van der Waals surface area contributed by atoms with E-state index in [9.17, 15) is 0 Å². The van der Waals surface area contributed by atoms with Crippen molar-refractivity contribution in [2.24, 2.45) is 11.7 Å². The van der Waals surface area contributed by atoms with E-state index in [0.717, 1.165) is 16.5 Å². The summed E-state index contributed by atoms with van der Waals surface area (Å²) < 4.78 is 0. The lowest BCUT2D eigenvalue weighted by Gasteiger charge is -2.10. The summed E-state index contributed by atoms with van der Waals surface area (Å²) in [7, 11) is 0. The maximum Gasteiger partial charge on any atom is 0.243 e. The minimum absolute atomic E-state index is 0.209. The van der Waals surface area contributed by atoms with Gasteiger partial charge in [0.1, 0.15) is 0 Å². The molecule has 0 atom stereocenters. The first-order valence-electron chi connectivity index (χ1n) is 6.24. The Morgan fingerprint density at radius 2 is 1.33 bits per heavy atom. The molecule has 3 rings (SSSR count). The summed E-state index contributed by atoms with van der Waals surface area (Å²) in [6, 6.07) is 13.9. The second-order valence-electron chi connectivity index (χ2n) is 4.25. The van der Waals surface area contributed by atoms with Gasteiger partial charge >= 0.3 is 0 Å². The van der Waals surface area contributed by atoms with Crippen LogP contribution in [0.15, 0.2) is 42.5 Å². The Kier molecular flexibility index (Phi) is 3.46. The number of anilines is 4. The number of fused-ring (bicyclic) bond motifs is 1. The summed E-state index contributed by atoms with van der Waals surface area (Å²) in [6.45, 7) is 0. The second kappa shape index (κ2) is 5.57. The monoisotopic (exact) mass is 282 g/mol. The minimum Gasteiger partial charge on any atom is -0.323 e. The van der Waals surface area contributed by atoms with Crippen LogP contribution in [0, 0.1) is 0 Å². The summed E-state index contributed by atoms with van der Waals surface area (Å²) in [4.78, 5) is 12.2. The van der Waals surface area contributed by atoms with Crippen molar-refractivity contribution in [3.05, 3.63) is 42.5 Å². The Bertz CT molecular complexity index is 745. The molecule has 0 aliphatic rings. The third-order valence-corrected chi connectivity index (χ3v) is 2.93. The zero-order valence-electron chi connectivity index (χ0n) is 11.0. The summed E-state index contributed by atoms with van der Waals surface area (Å²) in [5.74, 6) is 11.4. The van der Waals surface area contributed by atoms with Gasteiger partial charge in [0.05, 0.1) is 0 Å². The van der Waals surface area contributed by atoms with E-state index in [1.807, 2.05) is 42.5 Å². The first-order valence-corrected chi connectivity index (χ1v) is 6.24. The summed E-state index contributed by atoms with van der Waals surface area (Å²) in [5, 5.41) is 5.32. The molecule has 0 amide bonds. The summed E-state index contributed by atoms with van der Waals surface area (Å²) in [5.41, 5.74) is 5.61. The van der Waals surface area contributed by atoms with Crippen molar-refractivity contribution < 1.29 is 0 Å². The van der Waals surface area contributed by atoms with Crippen molar-refractivity contribution in [2.45, 2.75) is 0 Å². The Morgan fingerprint density at radius 1 is 0.714 bits per heavy atom. The van der Waals surface area contributed by atoms with Crippen LogP contribution in [-0.2, 0) is 0 Å². The quantitative estimate of drug-likeness (QED) is 0.358. The normalized spacial score (nSPS) is 10.4. The van der Waals surface area contributed by atoms with Crippen molar-refractivity contribution in [1.29, 1.82) is 0 Å². The molecule has 0 aliphatic heterocycles. The van der Waals surface area contributed by atoms with Gasteiger partial charge in [-0.05, 0) is 11.5 Å². The van der Waals surface area contributed by atoms with Gasteiger partial charge in [0.2, 0.25) is 17.8 Å². The minimum atomic E-state index is 0.209. The van der Waals surface area contributed by atoms with Crippen LogP contribution >= 0.6 is 0 Å². The highest BCUT2D eigenvalue weighted by molar-refractivity contribution is 5.94. The number of nitrogens with two attached hydrogens (primary N) is 2. The van der Waals surface area contributed by atoms with Crippen LogP contribution in [0.3, 0.4) is 0 Å². The van der Waals surface area contributed by atoms with Gasteiger partial charge in [-0.15, -0.1) is 0 Å². The molecule has 7 N–H and O–H groups in total. The molecule has 0 bridgehead atoms. The molecule has 0 fully saturated rings. The molecule has 0 saturated carbocycles. The molecule has 3 aromatic rings. The molecule has 1 heterocycles. The van der Waals surface area contributed by atoms with Crippen LogP contribution in [-0.4, -0.2) is 15.0 Å². The fraction of sp³-hybridized carbons (Fsp3) is 0. The van der Waals surface area contributed by atoms with Crippen molar-refractivity contribution in [3.8, 4) is 0 Å². The number of rotatable bonds is 4. The molecular weight excluding hydrogens is 268 g/mol. The zero-order valence-corrected chi connectivity index (χ0v) is 11.0. The number of nitrogen functional groups attached to an aromatic ring is 2. The fourth-order valence-electron chi connectivity index (χ4n) is 2.02.